The van der Waals surface area contributed by atoms with E-state index in [1.165, 1.54) is 15.6 Å². The third-order valence-electron chi connectivity index (χ3n) is 4.03. The van der Waals surface area contributed by atoms with E-state index < -0.39 is 10.0 Å². The summed E-state index contributed by atoms with van der Waals surface area (Å²) < 4.78 is 31.4. The second-order valence-electron chi connectivity index (χ2n) is 5.96. The molecule has 0 radical (unpaired) electrons. The Balaban J connectivity index is 1.80. The maximum atomic E-state index is 12.3. The van der Waals surface area contributed by atoms with Crippen molar-refractivity contribution in [1.29, 1.82) is 0 Å². The van der Waals surface area contributed by atoms with Gasteiger partial charge in [0.25, 0.3) is 10.0 Å². The van der Waals surface area contributed by atoms with Crippen LogP contribution >= 0.6 is 11.3 Å². The third-order valence-corrected chi connectivity index (χ3v) is 7.26. The predicted molar refractivity (Wildman–Crippen MR) is 103 cm³/mol. The van der Waals surface area contributed by atoms with Gasteiger partial charge in [0.15, 0.2) is 0 Å². The molecule has 0 saturated heterocycles. The Labute approximate surface area is 159 Å². The molecular weight excluding hydrogens is 372 g/mol. The van der Waals surface area contributed by atoms with Crippen molar-refractivity contribution in [2.24, 2.45) is 0 Å². The molecule has 0 aliphatic rings. The van der Waals surface area contributed by atoms with Crippen molar-refractivity contribution in [3.8, 4) is 5.75 Å². The van der Waals surface area contributed by atoms with E-state index in [0.29, 0.717) is 30.1 Å². The summed E-state index contributed by atoms with van der Waals surface area (Å²) in [4.78, 5) is 13.9. The summed E-state index contributed by atoms with van der Waals surface area (Å²) in [5.41, 5.74) is 1.01. The van der Waals surface area contributed by atoms with E-state index in [0.717, 1.165) is 11.3 Å². The highest BCUT2D eigenvalue weighted by Crippen LogP contribution is 2.20. The lowest BCUT2D eigenvalue weighted by molar-refractivity contribution is -0.130. The number of nitrogens with zero attached hydrogens (tertiary/aromatic N) is 2. The van der Waals surface area contributed by atoms with Crippen LogP contribution in [0.5, 0.6) is 5.75 Å². The quantitative estimate of drug-likeness (QED) is 0.654. The lowest BCUT2D eigenvalue weighted by Gasteiger charge is -2.19. The fourth-order valence-electron chi connectivity index (χ4n) is 2.42. The van der Waals surface area contributed by atoms with Gasteiger partial charge in [0.05, 0.1) is 7.11 Å². The Morgan fingerprint density at radius 1 is 1.15 bits per heavy atom. The van der Waals surface area contributed by atoms with Gasteiger partial charge in [-0.2, -0.15) is 0 Å². The molecule has 0 unspecified atom stereocenters. The average Bonchev–Trinajstić information content (AvgIpc) is 3.17. The lowest BCUT2D eigenvalue weighted by Crippen LogP contribution is -2.30. The van der Waals surface area contributed by atoms with Crippen LogP contribution in [0.25, 0.3) is 0 Å². The first-order valence-electron chi connectivity index (χ1n) is 8.21. The molecule has 0 spiro atoms. The van der Waals surface area contributed by atoms with Gasteiger partial charge in [-0.05, 0) is 35.6 Å². The molecule has 0 bridgehead atoms. The van der Waals surface area contributed by atoms with Crippen LogP contribution in [0.1, 0.15) is 18.4 Å². The van der Waals surface area contributed by atoms with Crippen LogP contribution in [0.3, 0.4) is 0 Å². The van der Waals surface area contributed by atoms with Gasteiger partial charge in [0, 0.05) is 33.6 Å². The zero-order valence-corrected chi connectivity index (χ0v) is 16.8. The number of sulfonamides is 1. The van der Waals surface area contributed by atoms with E-state index in [1.54, 1.807) is 43.6 Å². The van der Waals surface area contributed by atoms with Gasteiger partial charge in [0.2, 0.25) is 5.91 Å². The van der Waals surface area contributed by atoms with Crippen LogP contribution in [0.4, 0.5) is 0 Å². The van der Waals surface area contributed by atoms with Gasteiger partial charge in [-0.15, -0.1) is 11.3 Å². The van der Waals surface area contributed by atoms with E-state index in [2.05, 4.69) is 0 Å². The number of carbonyl (C=O) groups excluding carboxylic acids is 1. The molecule has 8 heteroatoms. The Hall–Kier alpha value is -1.90. The molecule has 0 aliphatic carbocycles. The van der Waals surface area contributed by atoms with Crippen LogP contribution in [0, 0.1) is 0 Å². The third kappa shape index (κ3) is 5.30. The number of hydrogen-bond donors (Lipinski definition) is 0. The molecule has 26 heavy (non-hydrogen) atoms. The number of rotatable bonds is 9. The molecular formula is C18H24N2O4S2. The van der Waals surface area contributed by atoms with Gasteiger partial charge in [0.1, 0.15) is 9.96 Å². The zero-order chi connectivity index (χ0) is 19.2. The highest BCUT2D eigenvalue weighted by atomic mass is 32.2. The summed E-state index contributed by atoms with van der Waals surface area (Å²) in [5, 5.41) is 1.73. The molecule has 0 saturated carbocycles. The number of benzene rings is 1. The molecule has 2 rings (SSSR count). The van der Waals surface area contributed by atoms with Crippen molar-refractivity contribution >= 4 is 27.3 Å². The summed E-state index contributed by atoms with van der Waals surface area (Å²) in [6, 6.07) is 10.9. The van der Waals surface area contributed by atoms with Gasteiger partial charge < -0.3 is 9.64 Å². The van der Waals surface area contributed by atoms with Gasteiger partial charge in [-0.25, -0.2) is 12.7 Å². The molecule has 0 atom stereocenters. The minimum atomic E-state index is -3.45. The molecule has 6 nitrogen and oxygen atoms in total. The van der Waals surface area contributed by atoms with Crippen LogP contribution in [0.15, 0.2) is 46.0 Å². The van der Waals surface area contributed by atoms with Crippen LogP contribution in [0.2, 0.25) is 0 Å². The fraction of sp³-hybridized carbons (Fsp3) is 0.389. The average molecular weight is 397 g/mol. The molecule has 0 aliphatic heterocycles. The van der Waals surface area contributed by atoms with Crippen LogP contribution in [-0.4, -0.2) is 51.3 Å². The second kappa shape index (κ2) is 9.16. The Morgan fingerprint density at radius 3 is 2.42 bits per heavy atom. The highest BCUT2D eigenvalue weighted by molar-refractivity contribution is 7.91. The molecule has 1 aromatic heterocycles. The number of thiophene rings is 1. The van der Waals surface area contributed by atoms with Crippen molar-refractivity contribution in [1.82, 2.24) is 9.21 Å². The molecule has 0 fully saturated rings. The van der Waals surface area contributed by atoms with E-state index in [-0.39, 0.29) is 5.91 Å². The standard InChI is InChI=1S/C18H24N2O4S2/c1-19(14-15-8-10-16(24-3)11-9-15)17(21)6-4-12-20(2)26(22,23)18-7-5-13-25-18/h5,7-11,13H,4,6,12,14H2,1-3H3. The molecule has 1 heterocycles. The molecule has 1 amide bonds. The van der Waals surface area contributed by atoms with E-state index in [9.17, 15) is 13.2 Å². The van der Waals surface area contributed by atoms with Crippen LogP contribution in [-0.2, 0) is 21.4 Å². The molecule has 2 aromatic rings. The van der Waals surface area contributed by atoms with Crippen molar-refractivity contribution in [3.05, 3.63) is 47.3 Å². The minimum absolute atomic E-state index is 0.0114. The molecule has 142 valence electrons. The number of amides is 1. The summed E-state index contributed by atoms with van der Waals surface area (Å²) in [6.45, 7) is 0.814. The number of hydrogen-bond acceptors (Lipinski definition) is 5. The monoisotopic (exact) mass is 396 g/mol. The summed E-state index contributed by atoms with van der Waals surface area (Å²) >= 11 is 1.19. The first kappa shape index (κ1) is 20.4. The number of carbonyl (C=O) groups is 1. The Bertz CT molecular complexity index is 802. The number of ether oxygens (including phenoxy) is 1. The Kier molecular flexibility index (Phi) is 7.19. The normalized spacial score (nSPS) is 11.5. The van der Waals surface area contributed by atoms with E-state index >= 15 is 0 Å². The van der Waals surface area contributed by atoms with E-state index in [1.807, 2.05) is 24.3 Å². The first-order chi connectivity index (χ1) is 12.3. The van der Waals surface area contributed by atoms with Crippen LogP contribution < -0.4 is 4.74 Å². The summed E-state index contributed by atoms with van der Waals surface area (Å²) in [7, 11) is 1.45. The predicted octanol–water partition coefficient (Wildman–Crippen LogP) is 2.82. The van der Waals surface area contributed by atoms with Crippen molar-refractivity contribution < 1.29 is 17.9 Å². The van der Waals surface area contributed by atoms with Crippen molar-refractivity contribution in [2.75, 3.05) is 27.7 Å². The van der Waals surface area contributed by atoms with Crippen molar-refractivity contribution in [3.63, 3.8) is 0 Å². The van der Waals surface area contributed by atoms with Gasteiger partial charge >= 0.3 is 0 Å². The maximum absolute atomic E-state index is 12.3. The molecule has 1 aromatic carbocycles. The fourth-order valence-corrected chi connectivity index (χ4v) is 4.83. The summed E-state index contributed by atoms with van der Waals surface area (Å²) in [6.07, 6.45) is 0.782. The van der Waals surface area contributed by atoms with Crippen molar-refractivity contribution in [2.45, 2.75) is 23.6 Å². The largest absolute Gasteiger partial charge is 0.497 e. The topological polar surface area (TPSA) is 66.9 Å². The van der Waals surface area contributed by atoms with E-state index in [4.69, 9.17) is 4.74 Å². The first-order valence-corrected chi connectivity index (χ1v) is 10.5. The zero-order valence-electron chi connectivity index (χ0n) is 15.2. The molecule has 0 N–H and O–H groups in total. The number of methoxy groups -OCH3 is 1. The highest BCUT2D eigenvalue weighted by Gasteiger charge is 2.21. The smallest absolute Gasteiger partial charge is 0.252 e. The lowest BCUT2D eigenvalue weighted by atomic mass is 10.2. The Morgan fingerprint density at radius 2 is 1.85 bits per heavy atom. The SMILES string of the molecule is COc1ccc(CN(C)C(=O)CCCN(C)S(=O)(=O)c2cccs2)cc1. The second-order valence-corrected chi connectivity index (χ2v) is 9.18. The van der Waals surface area contributed by atoms with Gasteiger partial charge in [-0.1, -0.05) is 18.2 Å². The van der Waals surface area contributed by atoms with Gasteiger partial charge in [-0.3, -0.25) is 4.79 Å². The summed E-state index contributed by atoms with van der Waals surface area (Å²) in [5.74, 6) is 0.764. The minimum Gasteiger partial charge on any atom is -0.497 e. The maximum Gasteiger partial charge on any atom is 0.252 e.